The van der Waals surface area contributed by atoms with Crippen molar-refractivity contribution >= 4 is 17.3 Å². The third-order valence-electron chi connectivity index (χ3n) is 3.07. The highest BCUT2D eigenvalue weighted by molar-refractivity contribution is 5.69. The van der Waals surface area contributed by atoms with E-state index in [1.54, 1.807) is 0 Å². The summed E-state index contributed by atoms with van der Waals surface area (Å²) >= 11 is 0. The van der Waals surface area contributed by atoms with Crippen molar-refractivity contribution in [3.63, 3.8) is 0 Å². The molecular formula is C13H23N5O3. The summed E-state index contributed by atoms with van der Waals surface area (Å²) < 4.78 is 0. The number of nitrogens with one attached hydrogen (secondary N) is 2. The molecule has 0 spiro atoms. The van der Waals surface area contributed by atoms with Crippen molar-refractivity contribution in [3.05, 3.63) is 16.4 Å². The molecule has 1 heterocycles. The van der Waals surface area contributed by atoms with Crippen LogP contribution in [0.3, 0.4) is 0 Å². The van der Waals surface area contributed by atoms with E-state index in [0.717, 1.165) is 6.42 Å². The van der Waals surface area contributed by atoms with Crippen molar-refractivity contribution in [3.8, 4) is 0 Å². The molecule has 3 N–H and O–H groups in total. The van der Waals surface area contributed by atoms with Crippen molar-refractivity contribution in [1.29, 1.82) is 0 Å². The fourth-order valence-corrected chi connectivity index (χ4v) is 1.77. The maximum Gasteiger partial charge on any atom is 0.353 e. The Labute approximate surface area is 124 Å². The average molecular weight is 297 g/mol. The maximum absolute atomic E-state index is 11.3. The second kappa shape index (κ2) is 7.72. The molecule has 21 heavy (non-hydrogen) atoms. The van der Waals surface area contributed by atoms with Crippen LogP contribution in [0.5, 0.6) is 0 Å². The lowest BCUT2D eigenvalue weighted by Gasteiger charge is -2.24. The quantitative estimate of drug-likeness (QED) is 0.472. The third kappa shape index (κ3) is 5.14. The van der Waals surface area contributed by atoms with E-state index in [4.69, 9.17) is 5.11 Å². The summed E-state index contributed by atoms with van der Waals surface area (Å²) in [5.41, 5.74) is -0.337. The SMILES string of the molecule is CCCNc1ncnc(NCC(C)(C)CCO)c1[N+](=O)[O-]. The monoisotopic (exact) mass is 297 g/mol. The van der Waals surface area contributed by atoms with Gasteiger partial charge in [0, 0.05) is 19.7 Å². The Morgan fingerprint density at radius 1 is 1.33 bits per heavy atom. The molecule has 0 saturated carbocycles. The minimum atomic E-state index is -0.487. The predicted octanol–water partition coefficient (Wildman–Crippen LogP) is 2.03. The molecule has 0 amide bonds. The number of hydrogen-bond donors (Lipinski definition) is 3. The molecule has 0 aliphatic carbocycles. The summed E-state index contributed by atoms with van der Waals surface area (Å²) in [5, 5.41) is 26.2. The van der Waals surface area contributed by atoms with Gasteiger partial charge in [0.05, 0.1) is 4.92 Å². The Morgan fingerprint density at radius 3 is 2.48 bits per heavy atom. The van der Waals surface area contributed by atoms with Crippen molar-refractivity contribution in [1.82, 2.24) is 9.97 Å². The van der Waals surface area contributed by atoms with Crippen molar-refractivity contribution in [2.45, 2.75) is 33.6 Å². The van der Waals surface area contributed by atoms with E-state index < -0.39 is 4.92 Å². The molecule has 0 aromatic carbocycles. The van der Waals surface area contributed by atoms with Gasteiger partial charge in [-0.05, 0) is 18.3 Å². The van der Waals surface area contributed by atoms with E-state index in [-0.39, 0.29) is 29.3 Å². The van der Waals surface area contributed by atoms with Crippen LogP contribution in [0.25, 0.3) is 0 Å². The predicted molar refractivity (Wildman–Crippen MR) is 81.4 cm³/mol. The van der Waals surface area contributed by atoms with E-state index >= 15 is 0 Å². The number of aliphatic hydroxyl groups is 1. The topological polar surface area (TPSA) is 113 Å². The fourth-order valence-electron chi connectivity index (χ4n) is 1.77. The summed E-state index contributed by atoms with van der Waals surface area (Å²) in [4.78, 5) is 18.7. The van der Waals surface area contributed by atoms with E-state index in [9.17, 15) is 10.1 Å². The van der Waals surface area contributed by atoms with Gasteiger partial charge < -0.3 is 15.7 Å². The minimum Gasteiger partial charge on any atom is -0.396 e. The number of anilines is 2. The highest BCUT2D eigenvalue weighted by Gasteiger charge is 2.25. The molecular weight excluding hydrogens is 274 g/mol. The Morgan fingerprint density at radius 2 is 1.95 bits per heavy atom. The molecule has 118 valence electrons. The number of aromatic nitrogens is 2. The standard InChI is InChI=1S/C13H23N5O3/c1-4-6-14-11-10(18(20)21)12(17-9-16-11)15-8-13(2,3)5-7-19/h9,19H,4-8H2,1-3H3,(H2,14,15,16,17). The van der Waals surface area contributed by atoms with Gasteiger partial charge in [-0.2, -0.15) is 0 Å². The number of rotatable bonds is 9. The number of nitro groups is 1. The molecule has 8 nitrogen and oxygen atoms in total. The zero-order chi connectivity index (χ0) is 15.9. The Hall–Kier alpha value is -1.96. The minimum absolute atomic E-state index is 0.0733. The second-order valence-corrected chi connectivity index (χ2v) is 5.59. The van der Waals surface area contributed by atoms with E-state index in [0.29, 0.717) is 19.5 Å². The van der Waals surface area contributed by atoms with E-state index in [1.165, 1.54) is 6.33 Å². The van der Waals surface area contributed by atoms with Crippen LogP contribution in [0, 0.1) is 15.5 Å². The average Bonchev–Trinajstić information content (AvgIpc) is 2.42. The largest absolute Gasteiger partial charge is 0.396 e. The lowest BCUT2D eigenvalue weighted by molar-refractivity contribution is -0.383. The first kappa shape index (κ1) is 17.1. The molecule has 1 aromatic rings. The summed E-state index contributed by atoms with van der Waals surface area (Å²) in [7, 11) is 0. The van der Waals surface area contributed by atoms with Gasteiger partial charge in [-0.15, -0.1) is 0 Å². The van der Waals surface area contributed by atoms with E-state index in [1.807, 2.05) is 20.8 Å². The molecule has 1 rings (SSSR count). The Kier molecular flexibility index (Phi) is 6.29. The van der Waals surface area contributed by atoms with Crippen LogP contribution in [0.1, 0.15) is 33.6 Å². The first-order valence-electron chi connectivity index (χ1n) is 6.99. The Bertz CT molecular complexity index is 479. The van der Waals surface area contributed by atoms with Gasteiger partial charge in [0.2, 0.25) is 11.6 Å². The van der Waals surface area contributed by atoms with Gasteiger partial charge in [0.1, 0.15) is 6.33 Å². The van der Waals surface area contributed by atoms with Crippen LogP contribution in [-0.4, -0.2) is 39.7 Å². The molecule has 0 saturated heterocycles. The smallest absolute Gasteiger partial charge is 0.353 e. The number of nitrogens with zero attached hydrogens (tertiary/aromatic N) is 3. The summed E-state index contributed by atoms with van der Waals surface area (Å²) in [6, 6.07) is 0. The first-order chi connectivity index (χ1) is 9.91. The fraction of sp³-hybridized carbons (Fsp3) is 0.692. The maximum atomic E-state index is 11.3. The van der Waals surface area contributed by atoms with Crippen LogP contribution < -0.4 is 10.6 Å². The molecule has 1 aromatic heterocycles. The van der Waals surface area contributed by atoms with Crippen molar-refractivity contribution in [2.24, 2.45) is 5.41 Å². The highest BCUT2D eigenvalue weighted by Crippen LogP contribution is 2.30. The molecule has 0 radical (unpaired) electrons. The second-order valence-electron chi connectivity index (χ2n) is 5.59. The first-order valence-corrected chi connectivity index (χ1v) is 6.99. The van der Waals surface area contributed by atoms with Gasteiger partial charge in [-0.25, -0.2) is 9.97 Å². The zero-order valence-electron chi connectivity index (χ0n) is 12.7. The molecule has 8 heteroatoms. The van der Waals surface area contributed by atoms with Crippen LogP contribution in [0.15, 0.2) is 6.33 Å². The van der Waals surface area contributed by atoms with Gasteiger partial charge >= 0.3 is 5.69 Å². The molecule has 0 aliphatic rings. The Balaban J connectivity index is 2.93. The third-order valence-corrected chi connectivity index (χ3v) is 3.07. The summed E-state index contributed by atoms with van der Waals surface area (Å²) in [5.74, 6) is 0.416. The number of aliphatic hydroxyl groups excluding tert-OH is 1. The number of hydrogen-bond acceptors (Lipinski definition) is 7. The van der Waals surface area contributed by atoms with Crippen LogP contribution in [0.4, 0.5) is 17.3 Å². The van der Waals surface area contributed by atoms with Crippen LogP contribution in [-0.2, 0) is 0 Å². The van der Waals surface area contributed by atoms with Crippen LogP contribution in [0.2, 0.25) is 0 Å². The molecule has 0 atom stereocenters. The lowest BCUT2D eigenvalue weighted by Crippen LogP contribution is -2.25. The highest BCUT2D eigenvalue weighted by atomic mass is 16.6. The zero-order valence-corrected chi connectivity index (χ0v) is 12.7. The van der Waals surface area contributed by atoms with Gasteiger partial charge in [0.15, 0.2) is 0 Å². The van der Waals surface area contributed by atoms with Gasteiger partial charge in [-0.3, -0.25) is 10.1 Å². The summed E-state index contributed by atoms with van der Waals surface area (Å²) in [6.07, 6.45) is 2.74. The normalized spacial score (nSPS) is 11.2. The van der Waals surface area contributed by atoms with Crippen molar-refractivity contribution in [2.75, 3.05) is 30.3 Å². The van der Waals surface area contributed by atoms with Gasteiger partial charge in [0.25, 0.3) is 0 Å². The molecule has 0 fully saturated rings. The van der Waals surface area contributed by atoms with Gasteiger partial charge in [-0.1, -0.05) is 20.8 Å². The van der Waals surface area contributed by atoms with Crippen LogP contribution >= 0.6 is 0 Å². The van der Waals surface area contributed by atoms with Crippen molar-refractivity contribution < 1.29 is 10.0 Å². The summed E-state index contributed by atoms with van der Waals surface area (Å²) in [6.45, 7) is 7.06. The lowest BCUT2D eigenvalue weighted by atomic mass is 9.90. The molecule has 0 bridgehead atoms. The van der Waals surface area contributed by atoms with E-state index in [2.05, 4.69) is 20.6 Å². The molecule has 0 aliphatic heterocycles. The molecule has 0 unspecified atom stereocenters.